The van der Waals surface area contributed by atoms with Gasteiger partial charge in [-0.25, -0.2) is 9.78 Å². The van der Waals surface area contributed by atoms with Crippen LogP contribution in [0.5, 0.6) is 0 Å². The third kappa shape index (κ3) is 2.95. The van der Waals surface area contributed by atoms with E-state index >= 15 is 0 Å². The van der Waals surface area contributed by atoms with Crippen LogP contribution in [-0.2, 0) is 11.3 Å². The number of fused-ring (bicyclic) bond motifs is 1. The monoisotopic (exact) mass is 324 g/mol. The van der Waals surface area contributed by atoms with Crippen molar-refractivity contribution in [1.29, 1.82) is 0 Å². The van der Waals surface area contributed by atoms with E-state index < -0.39 is 0 Å². The molecule has 0 aliphatic carbocycles. The smallest absolute Gasteiger partial charge is 0.324 e. The van der Waals surface area contributed by atoms with Gasteiger partial charge in [-0.1, -0.05) is 32.0 Å². The molecule has 0 atom stereocenters. The number of rotatable bonds is 4. The molecule has 6 heteroatoms. The summed E-state index contributed by atoms with van der Waals surface area (Å²) in [6.07, 6.45) is 4.77. The van der Waals surface area contributed by atoms with Gasteiger partial charge < -0.3 is 9.88 Å². The molecule has 2 heterocycles. The number of amides is 1. The minimum atomic E-state index is -0.354. The molecule has 0 saturated carbocycles. The van der Waals surface area contributed by atoms with Gasteiger partial charge in [0.25, 0.3) is 0 Å². The molecule has 3 rings (SSSR count). The summed E-state index contributed by atoms with van der Waals surface area (Å²) in [6.45, 7) is 6.32. The van der Waals surface area contributed by atoms with Gasteiger partial charge in [-0.15, -0.1) is 0 Å². The van der Waals surface area contributed by atoms with Crippen LogP contribution in [0, 0.1) is 6.92 Å². The summed E-state index contributed by atoms with van der Waals surface area (Å²) >= 11 is 0. The number of anilines is 1. The van der Waals surface area contributed by atoms with Crippen LogP contribution in [0.4, 0.5) is 5.69 Å². The molecule has 1 aromatic carbocycles. The normalized spacial score (nSPS) is 11.2. The van der Waals surface area contributed by atoms with Crippen LogP contribution in [0.15, 0.2) is 47.7 Å². The number of carbonyl (C=O) groups is 1. The average Bonchev–Trinajstić information content (AvgIpc) is 2.93. The Kier molecular flexibility index (Phi) is 4.20. The highest BCUT2D eigenvalue weighted by molar-refractivity contribution is 5.92. The zero-order valence-corrected chi connectivity index (χ0v) is 14.0. The Balaban J connectivity index is 1.86. The number of carbonyl (C=O) groups excluding carboxylic acids is 1. The Bertz CT molecular complexity index is 953. The fraction of sp³-hybridized carbons (Fsp3) is 0.278. The molecule has 0 saturated heterocycles. The molecule has 0 spiro atoms. The maximum absolute atomic E-state index is 12.5. The number of nitrogens with zero attached hydrogens (tertiary/aromatic N) is 3. The molecule has 0 aliphatic rings. The Morgan fingerprint density at radius 1 is 1.25 bits per heavy atom. The molecule has 1 N–H and O–H groups in total. The first-order chi connectivity index (χ1) is 11.5. The number of para-hydroxylation sites is 1. The number of benzene rings is 1. The summed E-state index contributed by atoms with van der Waals surface area (Å²) in [5.74, 6) is 0.186. The SMILES string of the molecule is Cc1cccc(C(C)C)c1NC(=O)Cn1ccn2c(=O)nccc12. The zero-order valence-electron chi connectivity index (χ0n) is 14.0. The van der Waals surface area contributed by atoms with Crippen molar-refractivity contribution >= 4 is 17.2 Å². The van der Waals surface area contributed by atoms with Crippen LogP contribution in [0.3, 0.4) is 0 Å². The van der Waals surface area contributed by atoms with E-state index in [-0.39, 0.29) is 18.1 Å². The lowest BCUT2D eigenvalue weighted by atomic mass is 9.98. The number of hydrogen-bond donors (Lipinski definition) is 1. The maximum atomic E-state index is 12.5. The number of imidazole rings is 1. The molecule has 124 valence electrons. The molecule has 2 aromatic heterocycles. The van der Waals surface area contributed by atoms with Crippen LogP contribution in [-0.4, -0.2) is 19.9 Å². The van der Waals surface area contributed by atoms with E-state index in [9.17, 15) is 9.59 Å². The average molecular weight is 324 g/mol. The number of nitrogens with one attached hydrogen (secondary N) is 1. The molecule has 3 aromatic rings. The second-order valence-corrected chi connectivity index (χ2v) is 6.12. The maximum Gasteiger partial charge on any atom is 0.353 e. The van der Waals surface area contributed by atoms with Gasteiger partial charge in [-0.2, -0.15) is 0 Å². The summed E-state index contributed by atoms with van der Waals surface area (Å²) in [6, 6.07) is 7.72. The summed E-state index contributed by atoms with van der Waals surface area (Å²) < 4.78 is 3.15. The van der Waals surface area contributed by atoms with E-state index in [0.717, 1.165) is 16.8 Å². The van der Waals surface area contributed by atoms with Crippen molar-refractivity contribution in [2.75, 3.05) is 5.32 Å². The first-order valence-corrected chi connectivity index (χ1v) is 7.89. The second-order valence-electron chi connectivity index (χ2n) is 6.12. The van der Waals surface area contributed by atoms with Gasteiger partial charge in [0, 0.05) is 24.3 Å². The Hall–Kier alpha value is -2.89. The highest BCUT2D eigenvalue weighted by Crippen LogP contribution is 2.27. The first kappa shape index (κ1) is 16.0. The molecule has 1 amide bonds. The highest BCUT2D eigenvalue weighted by atomic mass is 16.2. The van der Waals surface area contributed by atoms with Crippen LogP contribution >= 0.6 is 0 Å². The minimum Gasteiger partial charge on any atom is -0.324 e. The van der Waals surface area contributed by atoms with Crippen LogP contribution < -0.4 is 11.0 Å². The van der Waals surface area contributed by atoms with Crippen molar-refractivity contribution < 1.29 is 4.79 Å². The minimum absolute atomic E-state index is 0.131. The van der Waals surface area contributed by atoms with Crippen molar-refractivity contribution in [2.45, 2.75) is 33.2 Å². The Morgan fingerprint density at radius 2 is 2.04 bits per heavy atom. The number of hydrogen-bond acceptors (Lipinski definition) is 3. The van der Waals surface area contributed by atoms with Crippen LogP contribution in [0.2, 0.25) is 0 Å². The van der Waals surface area contributed by atoms with E-state index in [1.54, 1.807) is 23.0 Å². The van der Waals surface area contributed by atoms with Crippen molar-refractivity contribution in [3.8, 4) is 0 Å². The zero-order chi connectivity index (χ0) is 17.3. The lowest BCUT2D eigenvalue weighted by Gasteiger charge is -2.16. The predicted molar refractivity (Wildman–Crippen MR) is 93.3 cm³/mol. The molecule has 24 heavy (non-hydrogen) atoms. The van der Waals surface area contributed by atoms with E-state index in [2.05, 4.69) is 24.1 Å². The van der Waals surface area contributed by atoms with E-state index in [1.807, 2.05) is 25.1 Å². The lowest BCUT2D eigenvalue weighted by Crippen LogP contribution is -2.21. The largest absolute Gasteiger partial charge is 0.353 e. The number of aromatic nitrogens is 3. The van der Waals surface area contributed by atoms with Crippen molar-refractivity contribution in [3.05, 3.63) is 64.5 Å². The van der Waals surface area contributed by atoms with E-state index in [1.165, 1.54) is 10.6 Å². The Morgan fingerprint density at radius 3 is 2.79 bits per heavy atom. The second kappa shape index (κ2) is 6.31. The molecule has 0 fully saturated rings. The van der Waals surface area contributed by atoms with Gasteiger partial charge in [-0.05, 0) is 30.0 Å². The summed E-state index contributed by atoms with van der Waals surface area (Å²) in [5, 5.41) is 3.01. The summed E-state index contributed by atoms with van der Waals surface area (Å²) in [5.41, 5.74) is 3.30. The third-order valence-corrected chi connectivity index (χ3v) is 4.06. The van der Waals surface area contributed by atoms with Gasteiger partial charge >= 0.3 is 5.69 Å². The first-order valence-electron chi connectivity index (χ1n) is 7.89. The Labute approximate surface area is 139 Å². The predicted octanol–water partition coefficient (Wildman–Crippen LogP) is 2.57. The molecular formula is C18H20N4O2. The quantitative estimate of drug-likeness (QED) is 0.802. The number of aryl methyl sites for hydroxylation is 1. The van der Waals surface area contributed by atoms with Gasteiger partial charge in [0.15, 0.2) is 0 Å². The molecule has 6 nitrogen and oxygen atoms in total. The highest BCUT2D eigenvalue weighted by Gasteiger charge is 2.13. The molecule has 0 aliphatic heterocycles. The molecular weight excluding hydrogens is 304 g/mol. The lowest BCUT2D eigenvalue weighted by molar-refractivity contribution is -0.116. The van der Waals surface area contributed by atoms with Gasteiger partial charge in [-0.3, -0.25) is 9.20 Å². The van der Waals surface area contributed by atoms with Gasteiger partial charge in [0.1, 0.15) is 12.2 Å². The van der Waals surface area contributed by atoms with Crippen LogP contribution in [0.25, 0.3) is 5.65 Å². The van der Waals surface area contributed by atoms with Crippen molar-refractivity contribution in [1.82, 2.24) is 14.0 Å². The van der Waals surface area contributed by atoms with Gasteiger partial charge in [0.05, 0.1) is 0 Å². The van der Waals surface area contributed by atoms with Crippen molar-refractivity contribution in [3.63, 3.8) is 0 Å². The fourth-order valence-corrected chi connectivity index (χ4v) is 2.82. The van der Waals surface area contributed by atoms with E-state index in [0.29, 0.717) is 11.6 Å². The van der Waals surface area contributed by atoms with E-state index in [4.69, 9.17) is 0 Å². The third-order valence-electron chi connectivity index (χ3n) is 4.06. The van der Waals surface area contributed by atoms with Crippen LogP contribution in [0.1, 0.15) is 30.9 Å². The summed E-state index contributed by atoms with van der Waals surface area (Å²) in [7, 11) is 0. The molecule has 0 bridgehead atoms. The summed E-state index contributed by atoms with van der Waals surface area (Å²) in [4.78, 5) is 27.9. The topological polar surface area (TPSA) is 68.4 Å². The molecule has 0 unspecified atom stereocenters. The van der Waals surface area contributed by atoms with Crippen molar-refractivity contribution in [2.24, 2.45) is 0 Å². The van der Waals surface area contributed by atoms with Gasteiger partial charge in [0.2, 0.25) is 5.91 Å². The standard InChI is InChI=1S/C18H20N4O2/c1-12(2)14-6-4-5-13(3)17(14)20-15(23)11-21-9-10-22-16(21)7-8-19-18(22)24/h4-10,12H,11H2,1-3H3,(H,20,23). The molecule has 0 radical (unpaired) electrons. The fourth-order valence-electron chi connectivity index (χ4n) is 2.82.